The largest absolute Gasteiger partial charge is 0.489 e. The fraction of sp³-hybridized carbons (Fsp3) is 0.188. The number of rotatable bonds is 1. The second-order valence-electron chi connectivity index (χ2n) is 5.10. The molecule has 1 aliphatic rings. The van der Waals surface area contributed by atoms with Crippen molar-refractivity contribution in [2.24, 2.45) is 0 Å². The number of aryl methyl sites for hydroxylation is 1. The summed E-state index contributed by atoms with van der Waals surface area (Å²) < 4.78 is 5.82. The van der Waals surface area contributed by atoms with Crippen molar-refractivity contribution in [1.82, 2.24) is 9.97 Å². The number of hydrogen-bond acceptors (Lipinski definition) is 3. The number of anilines is 1. The summed E-state index contributed by atoms with van der Waals surface area (Å²) in [6.07, 6.45) is 0. The first-order valence-corrected chi connectivity index (χ1v) is 6.74. The fourth-order valence-electron chi connectivity index (χ4n) is 2.67. The van der Waals surface area contributed by atoms with Crippen molar-refractivity contribution in [1.29, 1.82) is 0 Å². The summed E-state index contributed by atoms with van der Waals surface area (Å²) in [4.78, 5) is 7.71. The molecule has 3 aromatic rings. The van der Waals surface area contributed by atoms with Gasteiger partial charge in [0.15, 0.2) is 0 Å². The van der Waals surface area contributed by atoms with Gasteiger partial charge < -0.3 is 15.0 Å². The molecule has 0 aliphatic carbocycles. The van der Waals surface area contributed by atoms with Crippen molar-refractivity contribution in [3.05, 3.63) is 53.9 Å². The van der Waals surface area contributed by atoms with Crippen LogP contribution in [-0.4, -0.2) is 16.6 Å². The van der Waals surface area contributed by atoms with Gasteiger partial charge in [0.2, 0.25) is 0 Å². The second kappa shape index (κ2) is 4.27. The molecule has 4 rings (SSSR count). The van der Waals surface area contributed by atoms with Gasteiger partial charge in [-0.15, -0.1) is 0 Å². The van der Waals surface area contributed by atoms with Gasteiger partial charge in [0.25, 0.3) is 0 Å². The third kappa shape index (κ3) is 1.81. The SMILES string of the molecule is Cc1nc2ccc(C3COc4ccccc4N3)cc2[nH]1. The molecule has 0 amide bonds. The lowest BCUT2D eigenvalue weighted by atomic mass is 10.1. The summed E-state index contributed by atoms with van der Waals surface area (Å²) in [6, 6.07) is 14.5. The number of nitrogens with one attached hydrogen (secondary N) is 2. The second-order valence-corrected chi connectivity index (χ2v) is 5.10. The van der Waals surface area contributed by atoms with Crippen LogP contribution in [0.3, 0.4) is 0 Å². The Kier molecular flexibility index (Phi) is 2.42. The molecule has 1 aliphatic heterocycles. The van der Waals surface area contributed by atoms with E-state index in [1.165, 1.54) is 5.56 Å². The zero-order valence-electron chi connectivity index (χ0n) is 11.2. The lowest BCUT2D eigenvalue weighted by Crippen LogP contribution is -2.23. The van der Waals surface area contributed by atoms with Gasteiger partial charge in [-0.05, 0) is 36.8 Å². The highest BCUT2D eigenvalue weighted by Crippen LogP contribution is 2.33. The number of para-hydroxylation sites is 2. The highest BCUT2D eigenvalue weighted by atomic mass is 16.5. The van der Waals surface area contributed by atoms with Gasteiger partial charge in [-0.25, -0.2) is 4.98 Å². The van der Waals surface area contributed by atoms with Gasteiger partial charge >= 0.3 is 0 Å². The normalized spacial score (nSPS) is 17.4. The Labute approximate surface area is 116 Å². The predicted octanol–water partition coefficient (Wildman–Crippen LogP) is 3.42. The number of fused-ring (bicyclic) bond motifs is 2. The van der Waals surface area contributed by atoms with E-state index in [1.54, 1.807) is 0 Å². The minimum Gasteiger partial charge on any atom is -0.489 e. The number of aromatic nitrogens is 2. The van der Waals surface area contributed by atoms with Crippen LogP contribution in [0.1, 0.15) is 17.4 Å². The van der Waals surface area contributed by atoms with Crippen molar-refractivity contribution in [2.75, 3.05) is 11.9 Å². The molecule has 2 heterocycles. The maximum absolute atomic E-state index is 5.82. The molecule has 0 spiro atoms. The number of aromatic amines is 1. The first kappa shape index (κ1) is 11.3. The highest BCUT2D eigenvalue weighted by molar-refractivity contribution is 5.76. The molecular weight excluding hydrogens is 250 g/mol. The lowest BCUT2D eigenvalue weighted by Gasteiger charge is -2.27. The Morgan fingerprint density at radius 3 is 3.05 bits per heavy atom. The van der Waals surface area contributed by atoms with Gasteiger partial charge in [-0.2, -0.15) is 0 Å². The Balaban J connectivity index is 1.70. The van der Waals surface area contributed by atoms with E-state index in [9.17, 15) is 0 Å². The number of H-pyrrole nitrogens is 1. The topological polar surface area (TPSA) is 49.9 Å². The van der Waals surface area contributed by atoms with E-state index >= 15 is 0 Å². The Morgan fingerprint density at radius 2 is 2.10 bits per heavy atom. The molecule has 0 radical (unpaired) electrons. The molecule has 0 fully saturated rings. The molecule has 0 saturated carbocycles. The van der Waals surface area contributed by atoms with E-state index in [-0.39, 0.29) is 6.04 Å². The van der Waals surface area contributed by atoms with Crippen LogP contribution >= 0.6 is 0 Å². The third-order valence-electron chi connectivity index (χ3n) is 3.65. The predicted molar refractivity (Wildman–Crippen MR) is 79.1 cm³/mol. The summed E-state index contributed by atoms with van der Waals surface area (Å²) in [7, 11) is 0. The molecule has 0 bridgehead atoms. The van der Waals surface area contributed by atoms with E-state index in [4.69, 9.17) is 4.74 Å². The third-order valence-corrected chi connectivity index (χ3v) is 3.65. The standard InChI is InChI=1S/C16H15N3O/c1-10-17-12-7-6-11(8-14(12)18-10)15-9-20-16-5-3-2-4-13(16)19-15/h2-8,15,19H,9H2,1H3,(H,17,18). The monoisotopic (exact) mass is 265 g/mol. The van der Waals surface area contributed by atoms with Gasteiger partial charge in [-0.3, -0.25) is 0 Å². The van der Waals surface area contributed by atoms with Crippen molar-refractivity contribution in [2.45, 2.75) is 13.0 Å². The van der Waals surface area contributed by atoms with Crippen LogP contribution < -0.4 is 10.1 Å². The summed E-state index contributed by atoms with van der Waals surface area (Å²) in [5.41, 5.74) is 4.32. The van der Waals surface area contributed by atoms with Crippen LogP contribution in [0.25, 0.3) is 11.0 Å². The van der Waals surface area contributed by atoms with Crippen LogP contribution in [0.15, 0.2) is 42.5 Å². The maximum Gasteiger partial charge on any atom is 0.142 e. The molecule has 1 atom stereocenters. The van der Waals surface area contributed by atoms with Gasteiger partial charge in [0.1, 0.15) is 18.2 Å². The van der Waals surface area contributed by atoms with Crippen LogP contribution in [0.5, 0.6) is 5.75 Å². The van der Waals surface area contributed by atoms with Crippen molar-refractivity contribution in [3.8, 4) is 5.75 Å². The maximum atomic E-state index is 5.82. The zero-order chi connectivity index (χ0) is 13.5. The van der Waals surface area contributed by atoms with Crippen molar-refractivity contribution in [3.63, 3.8) is 0 Å². The number of hydrogen-bond donors (Lipinski definition) is 2. The minimum atomic E-state index is 0.165. The fourth-order valence-corrected chi connectivity index (χ4v) is 2.67. The average Bonchev–Trinajstić information content (AvgIpc) is 2.85. The summed E-state index contributed by atoms with van der Waals surface area (Å²) >= 11 is 0. The molecule has 1 unspecified atom stereocenters. The van der Waals surface area contributed by atoms with Crippen LogP contribution in [-0.2, 0) is 0 Å². The summed E-state index contributed by atoms with van der Waals surface area (Å²) in [5, 5.41) is 3.53. The van der Waals surface area contributed by atoms with Crippen LogP contribution in [0.2, 0.25) is 0 Å². The van der Waals surface area contributed by atoms with E-state index in [1.807, 2.05) is 31.2 Å². The lowest BCUT2D eigenvalue weighted by molar-refractivity contribution is 0.286. The summed E-state index contributed by atoms with van der Waals surface area (Å²) in [5.74, 6) is 1.86. The van der Waals surface area contributed by atoms with Crippen LogP contribution in [0, 0.1) is 6.92 Å². The first-order chi connectivity index (χ1) is 9.79. The van der Waals surface area contributed by atoms with Crippen molar-refractivity contribution < 1.29 is 4.74 Å². The van der Waals surface area contributed by atoms with E-state index < -0.39 is 0 Å². The number of imidazole rings is 1. The van der Waals surface area contributed by atoms with E-state index in [0.29, 0.717) is 6.61 Å². The Morgan fingerprint density at radius 1 is 1.20 bits per heavy atom. The average molecular weight is 265 g/mol. The number of ether oxygens (including phenoxy) is 1. The molecule has 2 aromatic carbocycles. The minimum absolute atomic E-state index is 0.165. The zero-order valence-corrected chi connectivity index (χ0v) is 11.2. The van der Waals surface area contributed by atoms with E-state index in [0.717, 1.165) is 28.3 Å². The van der Waals surface area contributed by atoms with Gasteiger partial charge in [0, 0.05) is 0 Å². The van der Waals surface area contributed by atoms with Gasteiger partial charge in [-0.1, -0.05) is 18.2 Å². The van der Waals surface area contributed by atoms with Gasteiger partial charge in [0.05, 0.1) is 22.8 Å². The van der Waals surface area contributed by atoms with Crippen LogP contribution in [0.4, 0.5) is 5.69 Å². The van der Waals surface area contributed by atoms with E-state index in [2.05, 4.69) is 33.5 Å². The smallest absolute Gasteiger partial charge is 0.142 e. The first-order valence-electron chi connectivity index (χ1n) is 6.74. The number of nitrogens with zero attached hydrogens (tertiary/aromatic N) is 1. The molecule has 2 N–H and O–H groups in total. The molecular formula is C16H15N3O. The molecule has 4 heteroatoms. The molecule has 4 nitrogen and oxygen atoms in total. The Hall–Kier alpha value is -2.49. The Bertz CT molecular complexity index is 778. The number of benzene rings is 2. The molecule has 0 saturated heterocycles. The quantitative estimate of drug-likeness (QED) is 0.709. The highest BCUT2D eigenvalue weighted by Gasteiger charge is 2.20. The molecule has 1 aromatic heterocycles. The molecule has 100 valence electrons. The molecule has 20 heavy (non-hydrogen) atoms. The van der Waals surface area contributed by atoms with Crippen molar-refractivity contribution >= 4 is 16.7 Å². The summed E-state index contributed by atoms with van der Waals surface area (Å²) in [6.45, 7) is 2.60.